The van der Waals surface area contributed by atoms with Gasteiger partial charge in [0.2, 0.25) is 0 Å². The van der Waals surface area contributed by atoms with Crippen LogP contribution in [0.1, 0.15) is 25.5 Å². The molecule has 66 valence electrons. The Morgan fingerprint density at radius 3 is 2.67 bits per heavy atom. The van der Waals surface area contributed by atoms with Crippen LogP contribution in [-0.4, -0.2) is 12.1 Å². The van der Waals surface area contributed by atoms with E-state index in [4.69, 9.17) is 4.74 Å². The molecule has 0 unspecified atom stereocenters. The fraction of sp³-hybridized carbons (Fsp3) is 0.444. The summed E-state index contributed by atoms with van der Waals surface area (Å²) in [7, 11) is 1.66. The predicted octanol–water partition coefficient (Wildman–Crippen LogP) is 2.98. The number of nitrogens with zero attached hydrogens (tertiary/aromatic N) is 1. The van der Waals surface area contributed by atoms with Crippen LogP contribution in [0, 0.1) is 0 Å². The molecule has 1 rings (SSSR count). The van der Waals surface area contributed by atoms with Gasteiger partial charge in [-0.25, -0.2) is 0 Å². The highest BCUT2D eigenvalue weighted by Crippen LogP contribution is 2.26. The average molecular weight is 230 g/mol. The van der Waals surface area contributed by atoms with Gasteiger partial charge in [0.05, 0.1) is 12.8 Å². The third kappa shape index (κ3) is 1.97. The summed E-state index contributed by atoms with van der Waals surface area (Å²) in [5.41, 5.74) is 1.00. The number of aromatic nitrogens is 1. The summed E-state index contributed by atoms with van der Waals surface area (Å²) in [5.74, 6) is 1.24. The van der Waals surface area contributed by atoms with Crippen LogP contribution in [0.25, 0.3) is 0 Å². The highest BCUT2D eigenvalue weighted by Gasteiger charge is 2.08. The molecule has 1 aromatic heterocycles. The zero-order valence-electron chi connectivity index (χ0n) is 7.47. The molecule has 3 heteroatoms. The summed E-state index contributed by atoms with van der Waals surface area (Å²) in [4.78, 5) is 4.28. The first-order chi connectivity index (χ1) is 5.65. The number of halogens is 1. The van der Waals surface area contributed by atoms with Crippen molar-refractivity contribution in [2.75, 3.05) is 7.11 Å². The summed E-state index contributed by atoms with van der Waals surface area (Å²) < 4.78 is 6.14. The zero-order chi connectivity index (χ0) is 9.14. The predicted molar refractivity (Wildman–Crippen MR) is 52.6 cm³/mol. The lowest BCUT2D eigenvalue weighted by Crippen LogP contribution is -1.97. The first-order valence-corrected chi connectivity index (χ1v) is 4.64. The molecular formula is C9H12BrNO. The summed E-state index contributed by atoms with van der Waals surface area (Å²) in [6, 6.07) is 1.93. The van der Waals surface area contributed by atoms with Gasteiger partial charge in [0.1, 0.15) is 5.75 Å². The fourth-order valence-corrected chi connectivity index (χ4v) is 1.34. The number of rotatable bonds is 2. The third-order valence-electron chi connectivity index (χ3n) is 1.62. The lowest BCUT2D eigenvalue weighted by Gasteiger charge is -2.09. The Labute approximate surface area is 81.1 Å². The van der Waals surface area contributed by atoms with E-state index in [0.29, 0.717) is 5.92 Å². The molecule has 0 saturated carbocycles. The van der Waals surface area contributed by atoms with Gasteiger partial charge in [0.15, 0.2) is 0 Å². The molecular weight excluding hydrogens is 218 g/mol. The Hall–Kier alpha value is -0.570. The molecule has 0 N–H and O–H groups in total. The molecule has 0 bridgehead atoms. The quantitative estimate of drug-likeness (QED) is 0.779. The Bertz CT molecular complexity index is 273. The molecule has 0 spiro atoms. The summed E-state index contributed by atoms with van der Waals surface area (Å²) in [6.45, 7) is 4.19. The molecule has 0 aliphatic carbocycles. The van der Waals surface area contributed by atoms with Crippen LogP contribution in [0.15, 0.2) is 16.7 Å². The monoisotopic (exact) mass is 229 g/mol. The van der Waals surface area contributed by atoms with Gasteiger partial charge in [-0.1, -0.05) is 13.8 Å². The van der Waals surface area contributed by atoms with Crippen molar-refractivity contribution in [2.45, 2.75) is 19.8 Å². The van der Waals surface area contributed by atoms with Crippen LogP contribution in [0.5, 0.6) is 5.75 Å². The molecule has 12 heavy (non-hydrogen) atoms. The van der Waals surface area contributed by atoms with Crippen molar-refractivity contribution in [3.05, 3.63) is 22.4 Å². The Morgan fingerprint density at radius 1 is 1.50 bits per heavy atom. The van der Waals surface area contributed by atoms with Gasteiger partial charge < -0.3 is 4.74 Å². The highest BCUT2D eigenvalue weighted by molar-refractivity contribution is 9.10. The smallest absolute Gasteiger partial charge is 0.141 e. The van der Waals surface area contributed by atoms with Crippen molar-refractivity contribution in [1.82, 2.24) is 4.98 Å². The normalized spacial score (nSPS) is 10.4. The molecule has 0 radical (unpaired) electrons. The summed E-state index contributed by atoms with van der Waals surface area (Å²) in [5, 5.41) is 0. The van der Waals surface area contributed by atoms with Gasteiger partial charge >= 0.3 is 0 Å². The Morgan fingerprint density at radius 2 is 2.17 bits per heavy atom. The maximum atomic E-state index is 5.19. The summed E-state index contributed by atoms with van der Waals surface area (Å²) >= 11 is 3.34. The molecule has 0 fully saturated rings. The van der Waals surface area contributed by atoms with Crippen LogP contribution in [0.2, 0.25) is 0 Å². The van der Waals surface area contributed by atoms with Crippen molar-refractivity contribution in [3.63, 3.8) is 0 Å². The number of pyridine rings is 1. The van der Waals surface area contributed by atoms with E-state index < -0.39 is 0 Å². The molecule has 0 aromatic carbocycles. The molecule has 0 saturated heterocycles. The minimum atomic E-state index is 0.396. The molecule has 1 heterocycles. The van der Waals surface area contributed by atoms with Crippen molar-refractivity contribution in [1.29, 1.82) is 0 Å². The average Bonchev–Trinajstić information content (AvgIpc) is 2.03. The molecule has 0 aliphatic heterocycles. The first kappa shape index (κ1) is 9.52. The second-order valence-corrected chi connectivity index (χ2v) is 3.81. The largest absolute Gasteiger partial charge is 0.495 e. The Balaban J connectivity index is 3.11. The second-order valence-electron chi connectivity index (χ2n) is 2.90. The number of hydrogen-bond donors (Lipinski definition) is 0. The summed E-state index contributed by atoms with van der Waals surface area (Å²) in [6.07, 6.45) is 1.79. The van der Waals surface area contributed by atoms with Crippen LogP contribution in [-0.2, 0) is 0 Å². The fourth-order valence-electron chi connectivity index (χ4n) is 1.03. The topological polar surface area (TPSA) is 22.1 Å². The maximum absolute atomic E-state index is 5.19. The minimum absolute atomic E-state index is 0.396. The zero-order valence-corrected chi connectivity index (χ0v) is 9.05. The van der Waals surface area contributed by atoms with E-state index in [9.17, 15) is 0 Å². The Kier molecular flexibility index (Phi) is 3.09. The van der Waals surface area contributed by atoms with Gasteiger partial charge in [-0.15, -0.1) is 0 Å². The van der Waals surface area contributed by atoms with Crippen LogP contribution in [0.4, 0.5) is 0 Å². The van der Waals surface area contributed by atoms with Gasteiger partial charge in [-0.3, -0.25) is 4.98 Å². The van der Waals surface area contributed by atoms with Gasteiger partial charge in [0.25, 0.3) is 0 Å². The van der Waals surface area contributed by atoms with Crippen molar-refractivity contribution in [2.24, 2.45) is 0 Å². The molecule has 0 atom stereocenters. The molecule has 0 amide bonds. The number of ether oxygens (including phenoxy) is 1. The van der Waals surface area contributed by atoms with Crippen molar-refractivity contribution >= 4 is 15.9 Å². The van der Waals surface area contributed by atoms with E-state index in [0.717, 1.165) is 15.9 Å². The SMILES string of the molecule is COc1cc(Br)cnc1C(C)C. The van der Waals surface area contributed by atoms with Gasteiger partial charge in [0, 0.05) is 10.7 Å². The third-order valence-corrected chi connectivity index (χ3v) is 2.05. The van der Waals surface area contributed by atoms with E-state index in [1.165, 1.54) is 0 Å². The van der Waals surface area contributed by atoms with E-state index in [1.807, 2.05) is 6.07 Å². The second kappa shape index (κ2) is 3.90. The lowest BCUT2D eigenvalue weighted by molar-refractivity contribution is 0.404. The van der Waals surface area contributed by atoms with E-state index in [2.05, 4.69) is 34.8 Å². The molecule has 2 nitrogen and oxygen atoms in total. The van der Waals surface area contributed by atoms with Crippen molar-refractivity contribution in [3.8, 4) is 5.75 Å². The standard InChI is InChI=1S/C9H12BrNO/c1-6(2)9-8(12-3)4-7(10)5-11-9/h4-6H,1-3H3. The van der Waals surface area contributed by atoms with E-state index >= 15 is 0 Å². The van der Waals surface area contributed by atoms with Gasteiger partial charge in [-0.2, -0.15) is 0 Å². The lowest BCUT2D eigenvalue weighted by atomic mass is 10.1. The van der Waals surface area contributed by atoms with Crippen molar-refractivity contribution < 1.29 is 4.74 Å². The highest BCUT2D eigenvalue weighted by atomic mass is 79.9. The van der Waals surface area contributed by atoms with E-state index in [-0.39, 0.29) is 0 Å². The van der Waals surface area contributed by atoms with E-state index in [1.54, 1.807) is 13.3 Å². The number of hydrogen-bond acceptors (Lipinski definition) is 2. The maximum Gasteiger partial charge on any atom is 0.141 e. The van der Waals surface area contributed by atoms with Crippen LogP contribution >= 0.6 is 15.9 Å². The first-order valence-electron chi connectivity index (χ1n) is 3.84. The molecule has 0 aliphatic rings. The van der Waals surface area contributed by atoms with Gasteiger partial charge in [-0.05, 0) is 27.9 Å². The molecule has 1 aromatic rings. The number of methoxy groups -OCH3 is 1. The van der Waals surface area contributed by atoms with Crippen LogP contribution in [0.3, 0.4) is 0 Å². The minimum Gasteiger partial charge on any atom is -0.495 e. The van der Waals surface area contributed by atoms with Crippen LogP contribution < -0.4 is 4.74 Å².